The van der Waals surface area contributed by atoms with Crippen molar-refractivity contribution in [1.82, 2.24) is 14.6 Å². The molecule has 0 aromatic carbocycles. The normalized spacial score (nSPS) is 10.3. The van der Waals surface area contributed by atoms with Crippen molar-refractivity contribution in [2.45, 2.75) is 20.4 Å². The lowest BCUT2D eigenvalue weighted by molar-refractivity contribution is 0.0694. The van der Waals surface area contributed by atoms with E-state index in [2.05, 4.69) is 15.4 Å². The Labute approximate surface area is 104 Å². The number of carbonyl (C=O) groups is 1. The van der Waals surface area contributed by atoms with Crippen molar-refractivity contribution in [2.75, 3.05) is 5.43 Å². The summed E-state index contributed by atoms with van der Waals surface area (Å²) >= 11 is 0. The smallest absolute Gasteiger partial charge is 0.339 e. The van der Waals surface area contributed by atoms with Crippen LogP contribution in [-0.2, 0) is 6.54 Å². The average Bonchev–Trinajstić information content (AvgIpc) is 2.67. The number of carboxylic acid groups (broad SMARTS) is 1. The Kier molecular flexibility index (Phi) is 3.27. The molecule has 0 bridgehead atoms. The molecule has 0 saturated heterocycles. The third-order valence-electron chi connectivity index (χ3n) is 2.70. The molecule has 2 aromatic heterocycles. The Hall–Kier alpha value is -2.37. The molecule has 18 heavy (non-hydrogen) atoms. The Balaban J connectivity index is 2.18. The van der Waals surface area contributed by atoms with Crippen molar-refractivity contribution in [3.63, 3.8) is 0 Å². The van der Waals surface area contributed by atoms with Crippen molar-refractivity contribution in [3.05, 3.63) is 47.3 Å². The van der Waals surface area contributed by atoms with Crippen molar-refractivity contribution in [1.29, 1.82) is 0 Å². The maximum Gasteiger partial charge on any atom is 0.339 e. The first-order valence-corrected chi connectivity index (χ1v) is 5.50. The molecule has 0 saturated carbocycles. The summed E-state index contributed by atoms with van der Waals surface area (Å²) in [5, 5.41) is 9.02. The lowest BCUT2D eigenvalue weighted by Crippen LogP contribution is -2.19. The monoisotopic (exact) mass is 246 g/mol. The van der Waals surface area contributed by atoms with Gasteiger partial charge in [0.25, 0.3) is 0 Å². The van der Waals surface area contributed by atoms with E-state index >= 15 is 0 Å². The van der Waals surface area contributed by atoms with Gasteiger partial charge in [-0.3, -0.25) is 4.68 Å². The fourth-order valence-corrected chi connectivity index (χ4v) is 1.75. The van der Waals surface area contributed by atoms with Crippen molar-refractivity contribution >= 4 is 5.97 Å². The van der Waals surface area contributed by atoms with Gasteiger partial charge in [-0.25, -0.2) is 14.8 Å². The standard InChI is InChI=1S/C12H14N4O2/c1-8-3-4-9(2)16(8)15-6-11-10(12(17)18)5-13-7-14-11/h3-5,7,15H,6H2,1-2H3,(H,17,18). The predicted molar refractivity (Wildman–Crippen MR) is 66.0 cm³/mol. The number of hydrogen-bond acceptors (Lipinski definition) is 4. The molecule has 0 unspecified atom stereocenters. The average molecular weight is 246 g/mol. The van der Waals surface area contributed by atoms with Crippen LogP contribution in [0.25, 0.3) is 0 Å². The van der Waals surface area contributed by atoms with Crippen LogP contribution in [0.3, 0.4) is 0 Å². The van der Waals surface area contributed by atoms with Gasteiger partial charge in [0, 0.05) is 17.6 Å². The Morgan fingerprint density at radius 3 is 2.67 bits per heavy atom. The minimum absolute atomic E-state index is 0.118. The number of aromatic carboxylic acids is 1. The molecule has 0 radical (unpaired) electrons. The topological polar surface area (TPSA) is 80.0 Å². The summed E-state index contributed by atoms with van der Waals surface area (Å²) in [5.41, 5.74) is 5.83. The van der Waals surface area contributed by atoms with E-state index in [0.717, 1.165) is 11.4 Å². The first-order chi connectivity index (χ1) is 8.59. The van der Waals surface area contributed by atoms with Gasteiger partial charge in [0.05, 0.1) is 12.2 Å². The van der Waals surface area contributed by atoms with E-state index in [1.807, 2.05) is 30.7 Å². The highest BCUT2D eigenvalue weighted by Crippen LogP contribution is 2.07. The largest absolute Gasteiger partial charge is 0.478 e. The van der Waals surface area contributed by atoms with Crippen LogP contribution in [0.15, 0.2) is 24.7 Å². The Bertz CT molecular complexity index is 558. The summed E-state index contributed by atoms with van der Waals surface area (Å²) in [6, 6.07) is 3.97. The first-order valence-electron chi connectivity index (χ1n) is 5.50. The first kappa shape index (κ1) is 12.1. The maximum atomic E-state index is 11.0. The van der Waals surface area contributed by atoms with Crippen LogP contribution in [0.2, 0.25) is 0 Å². The third kappa shape index (κ3) is 2.32. The second kappa shape index (κ2) is 4.87. The summed E-state index contributed by atoms with van der Waals surface area (Å²) < 4.78 is 1.90. The molecule has 2 N–H and O–H groups in total. The Morgan fingerprint density at radius 1 is 1.39 bits per heavy atom. The highest BCUT2D eigenvalue weighted by Gasteiger charge is 2.11. The van der Waals surface area contributed by atoms with E-state index in [-0.39, 0.29) is 5.56 Å². The number of nitrogens with zero attached hydrogens (tertiary/aromatic N) is 3. The molecule has 6 nitrogen and oxygen atoms in total. The highest BCUT2D eigenvalue weighted by molar-refractivity contribution is 5.88. The lowest BCUT2D eigenvalue weighted by atomic mass is 10.2. The molecule has 0 spiro atoms. The van der Waals surface area contributed by atoms with E-state index in [0.29, 0.717) is 12.2 Å². The Morgan fingerprint density at radius 2 is 2.06 bits per heavy atom. The summed E-state index contributed by atoms with van der Waals surface area (Å²) in [6.07, 6.45) is 2.65. The number of aryl methyl sites for hydroxylation is 2. The predicted octanol–water partition coefficient (Wildman–Crippen LogP) is 1.34. The number of nitrogens with one attached hydrogen (secondary N) is 1. The molecule has 94 valence electrons. The molecule has 6 heteroatoms. The van der Waals surface area contributed by atoms with Crippen LogP contribution in [0.5, 0.6) is 0 Å². The van der Waals surface area contributed by atoms with Gasteiger partial charge in [-0.05, 0) is 26.0 Å². The molecular formula is C12H14N4O2. The quantitative estimate of drug-likeness (QED) is 0.850. The second-order valence-electron chi connectivity index (χ2n) is 3.97. The van der Waals surface area contributed by atoms with E-state index in [1.54, 1.807) is 0 Å². The maximum absolute atomic E-state index is 11.0. The summed E-state index contributed by atoms with van der Waals surface area (Å²) in [5.74, 6) is -1.02. The molecule has 0 aliphatic heterocycles. The molecule has 0 atom stereocenters. The summed E-state index contributed by atoms with van der Waals surface area (Å²) in [7, 11) is 0. The molecule has 2 aromatic rings. The fraction of sp³-hybridized carbons (Fsp3) is 0.250. The van der Waals surface area contributed by atoms with Gasteiger partial charge < -0.3 is 10.5 Å². The van der Waals surface area contributed by atoms with E-state index in [9.17, 15) is 4.79 Å². The molecule has 0 fully saturated rings. The van der Waals surface area contributed by atoms with E-state index in [4.69, 9.17) is 5.11 Å². The summed E-state index contributed by atoms with van der Waals surface area (Å²) in [4.78, 5) is 18.7. The van der Waals surface area contributed by atoms with Gasteiger partial charge in [0.2, 0.25) is 0 Å². The second-order valence-corrected chi connectivity index (χ2v) is 3.97. The minimum atomic E-state index is -1.02. The fourth-order valence-electron chi connectivity index (χ4n) is 1.75. The van der Waals surface area contributed by atoms with Crippen LogP contribution in [0.1, 0.15) is 27.4 Å². The molecule has 0 aliphatic rings. The van der Waals surface area contributed by atoms with Crippen LogP contribution in [0.4, 0.5) is 0 Å². The van der Waals surface area contributed by atoms with Crippen LogP contribution in [0, 0.1) is 13.8 Å². The minimum Gasteiger partial charge on any atom is -0.478 e. The molecular weight excluding hydrogens is 232 g/mol. The summed E-state index contributed by atoms with van der Waals surface area (Å²) in [6.45, 7) is 4.27. The van der Waals surface area contributed by atoms with Gasteiger partial charge in [-0.15, -0.1) is 0 Å². The molecule has 0 aliphatic carbocycles. The zero-order valence-electron chi connectivity index (χ0n) is 10.2. The van der Waals surface area contributed by atoms with Gasteiger partial charge in [0.1, 0.15) is 11.9 Å². The number of aromatic nitrogens is 3. The van der Waals surface area contributed by atoms with Gasteiger partial charge in [0.15, 0.2) is 0 Å². The molecule has 2 rings (SSSR count). The van der Waals surface area contributed by atoms with Crippen LogP contribution >= 0.6 is 0 Å². The van der Waals surface area contributed by atoms with Crippen molar-refractivity contribution in [3.8, 4) is 0 Å². The highest BCUT2D eigenvalue weighted by atomic mass is 16.4. The van der Waals surface area contributed by atoms with E-state index in [1.165, 1.54) is 12.5 Å². The van der Waals surface area contributed by atoms with Gasteiger partial charge in [-0.2, -0.15) is 0 Å². The SMILES string of the molecule is Cc1ccc(C)n1NCc1ncncc1C(=O)O. The number of hydrogen-bond donors (Lipinski definition) is 2. The zero-order valence-corrected chi connectivity index (χ0v) is 10.2. The van der Waals surface area contributed by atoms with Crippen molar-refractivity contribution < 1.29 is 9.90 Å². The third-order valence-corrected chi connectivity index (χ3v) is 2.70. The molecule has 0 amide bonds. The zero-order chi connectivity index (χ0) is 13.1. The van der Waals surface area contributed by atoms with Gasteiger partial charge >= 0.3 is 5.97 Å². The molecule has 2 heterocycles. The van der Waals surface area contributed by atoms with Gasteiger partial charge in [-0.1, -0.05) is 0 Å². The van der Waals surface area contributed by atoms with Crippen molar-refractivity contribution in [2.24, 2.45) is 0 Å². The van der Waals surface area contributed by atoms with Crippen LogP contribution < -0.4 is 5.43 Å². The van der Waals surface area contributed by atoms with Crippen LogP contribution in [-0.4, -0.2) is 25.7 Å². The lowest BCUT2D eigenvalue weighted by Gasteiger charge is -2.12. The van der Waals surface area contributed by atoms with E-state index < -0.39 is 5.97 Å². The number of rotatable bonds is 4. The number of carboxylic acids is 1.